The van der Waals surface area contributed by atoms with Crippen molar-refractivity contribution in [3.63, 3.8) is 0 Å². The summed E-state index contributed by atoms with van der Waals surface area (Å²) in [5.41, 5.74) is 3.99. The maximum atomic E-state index is 12.6. The van der Waals surface area contributed by atoms with Crippen LogP contribution in [0.15, 0.2) is 48.5 Å². The van der Waals surface area contributed by atoms with Crippen LogP contribution in [0.3, 0.4) is 0 Å². The number of carbonyl (C=O) groups is 1. The minimum atomic E-state index is -0.254. The van der Waals surface area contributed by atoms with Crippen molar-refractivity contribution in [1.82, 2.24) is 9.78 Å². The highest BCUT2D eigenvalue weighted by molar-refractivity contribution is 6.35. The van der Waals surface area contributed by atoms with Crippen LogP contribution in [-0.4, -0.2) is 15.7 Å². The highest BCUT2D eigenvalue weighted by atomic mass is 35.5. The summed E-state index contributed by atoms with van der Waals surface area (Å²) in [5, 5.41) is 8.48. The molecule has 2 aromatic carbocycles. The van der Waals surface area contributed by atoms with Gasteiger partial charge in [-0.05, 0) is 48.2 Å². The Hall–Kier alpha value is -2.30. The molecular weight excluding hydrogens is 393 g/mol. The Labute approximate surface area is 175 Å². The van der Waals surface area contributed by atoms with Crippen molar-refractivity contribution in [2.75, 3.05) is 5.32 Å². The minimum absolute atomic E-state index is 0.0679. The number of hydrogen-bond donors (Lipinski definition) is 1. The molecular formula is C22H23Cl2N3O. The molecule has 1 N–H and O–H groups in total. The molecule has 0 aliphatic heterocycles. The maximum Gasteiger partial charge on any atom is 0.276 e. The summed E-state index contributed by atoms with van der Waals surface area (Å²) in [6.45, 7) is 8.76. The van der Waals surface area contributed by atoms with Gasteiger partial charge in [0.25, 0.3) is 5.91 Å². The molecule has 0 bridgehead atoms. The number of benzene rings is 2. The van der Waals surface area contributed by atoms with Crippen molar-refractivity contribution in [2.24, 2.45) is 0 Å². The first kappa shape index (κ1) is 20.4. The van der Waals surface area contributed by atoms with Gasteiger partial charge in [-0.25, -0.2) is 0 Å². The monoisotopic (exact) mass is 415 g/mol. The van der Waals surface area contributed by atoms with E-state index < -0.39 is 0 Å². The molecule has 0 saturated carbocycles. The number of anilines is 1. The van der Waals surface area contributed by atoms with Crippen molar-refractivity contribution < 1.29 is 4.79 Å². The van der Waals surface area contributed by atoms with Gasteiger partial charge in [-0.2, -0.15) is 5.10 Å². The zero-order valence-electron chi connectivity index (χ0n) is 16.4. The van der Waals surface area contributed by atoms with Gasteiger partial charge in [0.05, 0.1) is 6.54 Å². The second-order valence-corrected chi connectivity index (χ2v) is 8.62. The Balaban J connectivity index is 1.76. The van der Waals surface area contributed by atoms with Gasteiger partial charge >= 0.3 is 0 Å². The zero-order valence-corrected chi connectivity index (χ0v) is 17.9. The summed E-state index contributed by atoms with van der Waals surface area (Å²) >= 11 is 12.5. The fraction of sp³-hybridized carbons (Fsp3) is 0.273. The molecule has 0 fully saturated rings. The first-order chi connectivity index (χ1) is 13.1. The third kappa shape index (κ3) is 4.57. The van der Waals surface area contributed by atoms with E-state index in [1.54, 1.807) is 28.9 Å². The summed E-state index contributed by atoms with van der Waals surface area (Å²) in [4.78, 5) is 12.6. The van der Waals surface area contributed by atoms with Crippen LogP contribution in [0.5, 0.6) is 0 Å². The number of aryl methyl sites for hydroxylation is 1. The van der Waals surface area contributed by atoms with E-state index in [4.69, 9.17) is 23.2 Å². The second kappa shape index (κ2) is 7.98. The van der Waals surface area contributed by atoms with E-state index in [1.165, 1.54) is 5.56 Å². The fourth-order valence-corrected chi connectivity index (χ4v) is 3.38. The van der Waals surface area contributed by atoms with Gasteiger partial charge in [-0.3, -0.25) is 9.48 Å². The quantitative estimate of drug-likeness (QED) is 0.559. The van der Waals surface area contributed by atoms with Gasteiger partial charge in [-0.1, -0.05) is 62.2 Å². The molecule has 146 valence electrons. The lowest BCUT2D eigenvalue weighted by Gasteiger charge is -2.19. The van der Waals surface area contributed by atoms with Gasteiger partial charge < -0.3 is 5.32 Å². The van der Waals surface area contributed by atoms with Crippen LogP contribution in [0.2, 0.25) is 10.0 Å². The normalized spacial score (nSPS) is 11.5. The summed E-state index contributed by atoms with van der Waals surface area (Å²) in [7, 11) is 0. The number of nitrogens with zero attached hydrogens (tertiary/aromatic N) is 2. The largest absolute Gasteiger partial charge is 0.321 e. The first-order valence-electron chi connectivity index (χ1n) is 9.04. The van der Waals surface area contributed by atoms with E-state index in [2.05, 4.69) is 31.2 Å². The van der Waals surface area contributed by atoms with Crippen LogP contribution >= 0.6 is 23.2 Å². The van der Waals surface area contributed by atoms with Crippen LogP contribution in [0.25, 0.3) is 0 Å². The first-order valence-corrected chi connectivity index (χ1v) is 9.80. The number of hydrogen-bond acceptors (Lipinski definition) is 2. The van der Waals surface area contributed by atoms with Crippen molar-refractivity contribution >= 4 is 34.8 Å². The van der Waals surface area contributed by atoms with Crippen LogP contribution in [0.4, 0.5) is 5.69 Å². The molecule has 0 radical (unpaired) electrons. The molecule has 3 aromatic rings. The Bertz CT molecular complexity index is 981. The van der Waals surface area contributed by atoms with E-state index in [0.717, 1.165) is 16.9 Å². The Morgan fingerprint density at radius 3 is 2.25 bits per heavy atom. The molecule has 1 aromatic heterocycles. The summed E-state index contributed by atoms with van der Waals surface area (Å²) in [5.74, 6) is -0.254. The Kier molecular flexibility index (Phi) is 5.82. The van der Waals surface area contributed by atoms with Crippen molar-refractivity contribution in [1.29, 1.82) is 0 Å². The van der Waals surface area contributed by atoms with E-state index in [-0.39, 0.29) is 11.3 Å². The summed E-state index contributed by atoms with van der Waals surface area (Å²) < 4.78 is 1.73. The SMILES string of the molecule is Cc1cc(C(=O)Nc2ccc(C(C)(C)C)cc2)nn1Cc1c(Cl)cccc1Cl. The third-order valence-corrected chi connectivity index (χ3v) is 5.30. The number of halogens is 2. The standard InChI is InChI=1S/C22H23Cl2N3O/c1-14-12-20(26-27(14)13-17-18(23)6-5-7-19(17)24)21(28)25-16-10-8-15(9-11-16)22(2,3)4/h5-12H,13H2,1-4H3,(H,25,28). The highest BCUT2D eigenvalue weighted by Gasteiger charge is 2.16. The van der Waals surface area contributed by atoms with Gasteiger partial charge in [-0.15, -0.1) is 0 Å². The average molecular weight is 416 g/mol. The number of nitrogens with one attached hydrogen (secondary N) is 1. The Morgan fingerprint density at radius 1 is 1.07 bits per heavy atom. The fourth-order valence-electron chi connectivity index (χ4n) is 2.86. The predicted molar refractivity (Wildman–Crippen MR) is 116 cm³/mol. The summed E-state index contributed by atoms with van der Waals surface area (Å²) in [6.07, 6.45) is 0. The molecule has 0 atom stereocenters. The molecule has 1 amide bonds. The maximum absolute atomic E-state index is 12.6. The van der Waals surface area contributed by atoms with Crippen LogP contribution in [0.1, 0.15) is 48.1 Å². The van der Waals surface area contributed by atoms with Crippen LogP contribution in [0, 0.1) is 6.92 Å². The minimum Gasteiger partial charge on any atom is -0.321 e. The van der Waals surface area contributed by atoms with Crippen molar-refractivity contribution in [3.05, 3.63) is 81.1 Å². The molecule has 0 unspecified atom stereocenters. The average Bonchev–Trinajstić information content (AvgIpc) is 2.99. The molecule has 0 spiro atoms. The van der Waals surface area contributed by atoms with Crippen LogP contribution in [-0.2, 0) is 12.0 Å². The Morgan fingerprint density at radius 2 is 1.68 bits per heavy atom. The molecule has 6 heteroatoms. The van der Waals surface area contributed by atoms with Crippen LogP contribution < -0.4 is 5.32 Å². The number of aromatic nitrogens is 2. The van der Waals surface area contributed by atoms with E-state index in [0.29, 0.717) is 22.3 Å². The smallest absolute Gasteiger partial charge is 0.276 e. The lowest BCUT2D eigenvalue weighted by molar-refractivity contribution is 0.102. The van der Waals surface area contributed by atoms with E-state index >= 15 is 0 Å². The predicted octanol–water partition coefficient (Wildman–Crippen LogP) is 6.10. The third-order valence-electron chi connectivity index (χ3n) is 4.59. The molecule has 3 rings (SSSR count). The number of amides is 1. The lowest BCUT2D eigenvalue weighted by Crippen LogP contribution is -2.15. The summed E-state index contributed by atoms with van der Waals surface area (Å²) in [6, 6.07) is 15.0. The lowest BCUT2D eigenvalue weighted by atomic mass is 9.87. The van der Waals surface area contributed by atoms with Crippen molar-refractivity contribution in [3.8, 4) is 0 Å². The van der Waals surface area contributed by atoms with Gasteiger partial charge in [0.1, 0.15) is 0 Å². The van der Waals surface area contributed by atoms with Crippen molar-refractivity contribution in [2.45, 2.75) is 39.7 Å². The molecule has 0 saturated heterocycles. The molecule has 1 heterocycles. The molecule has 4 nitrogen and oxygen atoms in total. The number of carbonyl (C=O) groups excluding carboxylic acids is 1. The topological polar surface area (TPSA) is 46.9 Å². The van der Waals surface area contributed by atoms with Gasteiger partial charge in [0.2, 0.25) is 0 Å². The highest BCUT2D eigenvalue weighted by Crippen LogP contribution is 2.26. The second-order valence-electron chi connectivity index (χ2n) is 7.81. The molecule has 0 aliphatic rings. The van der Waals surface area contributed by atoms with Gasteiger partial charge in [0.15, 0.2) is 5.69 Å². The molecule has 0 aliphatic carbocycles. The van der Waals surface area contributed by atoms with E-state index in [9.17, 15) is 4.79 Å². The van der Waals surface area contributed by atoms with E-state index in [1.807, 2.05) is 31.2 Å². The molecule has 28 heavy (non-hydrogen) atoms. The zero-order chi connectivity index (χ0) is 20.5. The van der Waals surface area contributed by atoms with Gasteiger partial charge in [0, 0.05) is 27.0 Å². The number of rotatable bonds is 4.